The predicted molar refractivity (Wildman–Crippen MR) is 123 cm³/mol. The van der Waals surface area contributed by atoms with Crippen molar-refractivity contribution in [2.75, 3.05) is 19.7 Å². The second-order valence-electron chi connectivity index (χ2n) is 8.77. The molecule has 1 aliphatic heterocycles. The first-order valence-electron chi connectivity index (χ1n) is 11.3. The summed E-state index contributed by atoms with van der Waals surface area (Å²) >= 11 is 1.75. The molecule has 0 saturated heterocycles. The van der Waals surface area contributed by atoms with E-state index in [0.717, 1.165) is 31.4 Å². The molecule has 5 nitrogen and oxygen atoms in total. The van der Waals surface area contributed by atoms with Gasteiger partial charge in [-0.15, -0.1) is 11.3 Å². The minimum absolute atomic E-state index is 0.0173. The molecule has 1 saturated carbocycles. The molecule has 2 aromatic rings. The highest BCUT2D eigenvalue weighted by atomic mass is 32.1. The van der Waals surface area contributed by atoms with E-state index < -0.39 is 0 Å². The average molecular weight is 441 g/mol. The van der Waals surface area contributed by atoms with Crippen LogP contribution >= 0.6 is 11.3 Å². The highest BCUT2D eigenvalue weighted by Crippen LogP contribution is 2.35. The summed E-state index contributed by atoms with van der Waals surface area (Å²) in [4.78, 5) is 31.4. The van der Waals surface area contributed by atoms with Gasteiger partial charge in [-0.3, -0.25) is 9.59 Å². The van der Waals surface area contributed by atoms with E-state index in [4.69, 9.17) is 4.74 Å². The van der Waals surface area contributed by atoms with Crippen LogP contribution in [0.1, 0.15) is 55.2 Å². The number of benzene rings is 1. The van der Waals surface area contributed by atoms with Crippen molar-refractivity contribution in [1.82, 2.24) is 9.80 Å². The molecule has 166 valence electrons. The van der Waals surface area contributed by atoms with Crippen LogP contribution < -0.4 is 4.74 Å². The molecule has 2 atom stereocenters. The Balaban J connectivity index is 1.50. The largest absolute Gasteiger partial charge is 0.491 e. The number of carbonyl (C=O) groups excluding carboxylic acids is 2. The van der Waals surface area contributed by atoms with E-state index in [1.165, 1.54) is 16.0 Å². The highest BCUT2D eigenvalue weighted by molar-refractivity contribution is 7.10. The van der Waals surface area contributed by atoms with E-state index in [1.54, 1.807) is 16.2 Å². The van der Waals surface area contributed by atoms with Crippen molar-refractivity contribution in [3.8, 4) is 5.75 Å². The van der Waals surface area contributed by atoms with E-state index in [0.29, 0.717) is 13.2 Å². The van der Waals surface area contributed by atoms with E-state index in [-0.39, 0.29) is 36.4 Å². The van der Waals surface area contributed by atoms with Crippen molar-refractivity contribution in [1.29, 1.82) is 0 Å². The Labute approximate surface area is 189 Å². The van der Waals surface area contributed by atoms with Gasteiger partial charge < -0.3 is 14.5 Å². The van der Waals surface area contributed by atoms with Crippen LogP contribution in [0.3, 0.4) is 0 Å². The zero-order valence-electron chi connectivity index (χ0n) is 18.7. The Hall–Kier alpha value is -2.34. The summed E-state index contributed by atoms with van der Waals surface area (Å²) in [5, 5.41) is 2.10. The third kappa shape index (κ3) is 4.95. The molecule has 1 aromatic heterocycles. The molecule has 1 aliphatic carbocycles. The summed E-state index contributed by atoms with van der Waals surface area (Å²) in [5.74, 6) is 1.09. The Morgan fingerprint density at radius 1 is 1.23 bits per heavy atom. The summed E-state index contributed by atoms with van der Waals surface area (Å²) in [6.07, 6.45) is 3.62. The van der Waals surface area contributed by atoms with Crippen LogP contribution in [-0.2, 0) is 16.0 Å². The standard InChI is InChI=1S/C25H32N2O3S/c1-4-18(3)27(25(29)19-7-8-19)15-24(28)26-13-11-23-21(12-14-31-23)22(26)16-30-20-9-5-17(2)6-10-20/h5-6,9-10,12,14,18-19,22H,4,7-8,11,13,15-16H2,1-3H3/t18-,22+/m0/s1. The van der Waals surface area contributed by atoms with Gasteiger partial charge in [0.15, 0.2) is 0 Å². The molecule has 31 heavy (non-hydrogen) atoms. The van der Waals surface area contributed by atoms with Crippen LogP contribution in [-0.4, -0.2) is 47.4 Å². The van der Waals surface area contributed by atoms with Crippen LogP contribution in [0, 0.1) is 12.8 Å². The third-order valence-electron chi connectivity index (χ3n) is 6.48. The Morgan fingerprint density at radius 3 is 2.65 bits per heavy atom. The maximum Gasteiger partial charge on any atom is 0.242 e. The number of thiophene rings is 1. The molecule has 2 aliphatic rings. The van der Waals surface area contributed by atoms with Crippen molar-refractivity contribution in [3.05, 3.63) is 51.7 Å². The van der Waals surface area contributed by atoms with Gasteiger partial charge in [0.1, 0.15) is 18.9 Å². The first-order chi connectivity index (χ1) is 15.0. The lowest BCUT2D eigenvalue weighted by Crippen LogP contribution is -2.50. The lowest BCUT2D eigenvalue weighted by molar-refractivity contribution is -0.145. The van der Waals surface area contributed by atoms with Gasteiger partial charge in [-0.05, 0) is 68.7 Å². The van der Waals surface area contributed by atoms with Crippen LogP contribution in [0.15, 0.2) is 35.7 Å². The molecule has 0 bridgehead atoms. The third-order valence-corrected chi connectivity index (χ3v) is 7.48. The molecule has 0 unspecified atom stereocenters. The number of nitrogens with zero attached hydrogens (tertiary/aromatic N) is 2. The first-order valence-corrected chi connectivity index (χ1v) is 12.2. The zero-order valence-corrected chi connectivity index (χ0v) is 19.5. The smallest absolute Gasteiger partial charge is 0.242 e. The average Bonchev–Trinajstić information content (AvgIpc) is 3.52. The van der Waals surface area contributed by atoms with Crippen LogP contribution in [0.2, 0.25) is 0 Å². The Kier molecular flexibility index (Phi) is 6.65. The maximum absolute atomic E-state index is 13.5. The SMILES string of the molecule is CC[C@H](C)N(CC(=O)N1CCc2sccc2[C@H]1COc1ccc(C)cc1)C(=O)C1CC1. The fourth-order valence-electron chi connectivity index (χ4n) is 4.16. The molecule has 2 heterocycles. The summed E-state index contributed by atoms with van der Waals surface area (Å²) in [6.45, 7) is 7.40. The topological polar surface area (TPSA) is 49.9 Å². The quantitative estimate of drug-likeness (QED) is 0.603. The zero-order chi connectivity index (χ0) is 22.0. The number of fused-ring (bicyclic) bond motifs is 1. The van der Waals surface area contributed by atoms with Gasteiger partial charge in [0, 0.05) is 23.4 Å². The van der Waals surface area contributed by atoms with Gasteiger partial charge in [0.25, 0.3) is 0 Å². The van der Waals surface area contributed by atoms with Crippen LogP contribution in [0.5, 0.6) is 5.75 Å². The summed E-state index contributed by atoms with van der Waals surface area (Å²) in [5.41, 5.74) is 2.37. The number of ether oxygens (including phenoxy) is 1. The maximum atomic E-state index is 13.5. The van der Waals surface area contributed by atoms with Crippen molar-refractivity contribution < 1.29 is 14.3 Å². The van der Waals surface area contributed by atoms with Crippen LogP contribution in [0.25, 0.3) is 0 Å². The molecular formula is C25H32N2O3S. The number of carbonyl (C=O) groups is 2. The molecule has 1 aromatic carbocycles. The van der Waals surface area contributed by atoms with Gasteiger partial charge in [-0.25, -0.2) is 0 Å². The van der Waals surface area contributed by atoms with Gasteiger partial charge in [-0.1, -0.05) is 24.6 Å². The molecule has 2 amide bonds. The summed E-state index contributed by atoms with van der Waals surface area (Å²) in [7, 11) is 0. The number of hydrogen-bond acceptors (Lipinski definition) is 4. The van der Waals surface area contributed by atoms with Gasteiger partial charge in [-0.2, -0.15) is 0 Å². The molecule has 1 fully saturated rings. The fourth-order valence-corrected chi connectivity index (χ4v) is 5.09. The molecule has 0 spiro atoms. The van der Waals surface area contributed by atoms with Crippen molar-refractivity contribution in [2.45, 2.75) is 58.5 Å². The van der Waals surface area contributed by atoms with Crippen molar-refractivity contribution in [2.24, 2.45) is 5.92 Å². The lowest BCUT2D eigenvalue weighted by atomic mass is 10.00. The monoisotopic (exact) mass is 440 g/mol. The second kappa shape index (κ2) is 9.43. The molecule has 6 heteroatoms. The summed E-state index contributed by atoms with van der Waals surface area (Å²) in [6, 6.07) is 10.1. The van der Waals surface area contributed by atoms with Crippen molar-refractivity contribution in [3.63, 3.8) is 0 Å². The molecule has 0 N–H and O–H groups in total. The van der Waals surface area contributed by atoms with E-state index in [2.05, 4.69) is 25.3 Å². The lowest BCUT2D eigenvalue weighted by Gasteiger charge is -2.38. The first kappa shape index (κ1) is 21.9. The van der Waals surface area contributed by atoms with Gasteiger partial charge in [0.05, 0.1) is 6.04 Å². The minimum atomic E-state index is -0.126. The molecule has 0 radical (unpaired) electrons. The number of aryl methyl sites for hydroxylation is 1. The molecular weight excluding hydrogens is 408 g/mol. The van der Waals surface area contributed by atoms with Crippen LogP contribution in [0.4, 0.5) is 0 Å². The van der Waals surface area contributed by atoms with Crippen molar-refractivity contribution >= 4 is 23.2 Å². The van der Waals surface area contributed by atoms with E-state index in [1.807, 2.05) is 36.1 Å². The Morgan fingerprint density at radius 2 is 1.97 bits per heavy atom. The summed E-state index contributed by atoms with van der Waals surface area (Å²) < 4.78 is 6.11. The predicted octanol–water partition coefficient (Wildman–Crippen LogP) is 4.60. The van der Waals surface area contributed by atoms with E-state index in [9.17, 15) is 9.59 Å². The Bertz CT molecular complexity index is 919. The van der Waals surface area contributed by atoms with Gasteiger partial charge in [0.2, 0.25) is 11.8 Å². The number of rotatable bonds is 8. The highest BCUT2D eigenvalue weighted by Gasteiger charge is 2.38. The number of amides is 2. The van der Waals surface area contributed by atoms with Gasteiger partial charge >= 0.3 is 0 Å². The normalized spacial score (nSPS) is 18.9. The molecule has 4 rings (SSSR count). The number of hydrogen-bond donors (Lipinski definition) is 0. The fraction of sp³-hybridized carbons (Fsp3) is 0.520. The van der Waals surface area contributed by atoms with E-state index >= 15 is 0 Å². The minimum Gasteiger partial charge on any atom is -0.491 e. The second-order valence-corrected chi connectivity index (χ2v) is 9.77.